The third-order valence-corrected chi connectivity index (χ3v) is 3.57. The van der Waals surface area contributed by atoms with Crippen molar-refractivity contribution in [2.24, 2.45) is 0 Å². The maximum Gasteiger partial charge on any atom is 0.131 e. The summed E-state index contributed by atoms with van der Waals surface area (Å²) in [5.74, 6) is 0.964. The molecule has 0 saturated heterocycles. The number of phenolic OH excluding ortho intramolecular Hbond substituents is 1. The smallest absolute Gasteiger partial charge is 0.131 e. The molecule has 0 bridgehead atoms. The molecule has 17 heavy (non-hydrogen) atoms. The van der Waals surface area contributed by atoms with Crippen LogP contribution >= 0.6 is 11.3 Å². The van der Waals surface area contributed by atoms with Gasteiger partial charge in [-0.25, -0.2) is 4.98 Å². The Morgan fingerprint density at radius 2 is 2.24 bits per heavy atom. The van der Waals surface area contributed by atoms with Crippen molar-refractivity contribution in [3.63, 3.8) is 0 Å². The predicted molar refractivity (Wildman–Crippen MR) is 68.7 cm³/mol. The molecule has 3 nitrogen and oxygen atoms in total. The summed E-state index contributed by atoms with van der Waals surface area (Å²) in [4.78, 5) is 4.43. The number of nitrogens with zero attached hydrogens (tertiary/aromatic N) is 1. The molecule has 1 heterocycles. The Kier molecular flexibility index (Phi) is 3.64. The predicted octanol–water partition coefficient (Wildman–Crippen LogP) is 3.30. The molecule has 1 aromatic carbocycles. The van der Waals surface area contributed by atoms with E-state index in [0.29, 0.717) is 12.4 Å². The highest BCUT2D eigenvalue weighted by Crippen LogP contribution is 2.26. The van der Waals surface area contributed by atoms with Crippen LogP contribution in [0.2, 0.25) is 0 Å². The van der Waals surface area contributed by atoms with Crippen LogP contribution in [0.5, 0.6) is 11.5 Å². The molecule has 0 atom stereocenters. The maximum absolute atomic E-state index is 9.55. The first kappa shape index (κ1) is 11.9. The van der Waals surface area contributed by atoms with Gasteiger partial charge in [-0.1, -0.05) is 13.0 Å². The second-order valence-corrected chi connectivity index (χ2v) is 4.72. The molecule has 0 spiro atoms. The normalized spacial score (nSPS) is 10.5. The zero-order chi connectivity index (χ0) is 12.3. The first-order chi connectivity index (χ1) is 8.20. The van der Waals surface area contributed by atoms with Gasteiger partial charge in [0.2, 0.25) is 0 Å². The maximum atomic E-state index is 9.55. The molecule has 1 N–H and O–H groups in total. The molecule has 0 aliphatic carbocycles. The van der Waals surface area contributed by atoms with Gasteiger partial charge in [-0.2, -0.15) is 0 Å². The van der Waals surface area contributed by atoms with Crippen LogP contribution < -0.4 is 4.74 Å². The molecule has 2 aromatic rings. The summed E-state index contributed by atoms with van der Waals surface area (Å²) in [6.45, 7) is 4.37. The first-order valence-corrected chi connectivity index (χ1v) is 6.43. The van der Waals surface area contributed by atoms with Crippen LogP contribution in [0.3, 0.4) is 0 Å². The first-order valence-electron chi connectivity index (χ1n) is 5.55. The van der Waals surface area contributed by atoms with E-state index in [-0.39, 0.29) is 5.75 Å². The molecule has 1 aromatic heterocycles. The van der Waals surface area contributed by atoms with E-state index in [2.05, 4.69) is 11.9 Å². The van der Waals surface area contributed by atoms with Crippen LogP contribution in [0.15, 0.2) is 23.6 Å². The van der Waals surface area contributed by atoms with Crippen molar-refractivity contribution in [1.29, 1.82) is 0 Å². The zero-order valence-corrected chi connectivity index (χ0v) is 10.8. The molecule has 4 heteroatoms. The number of hydrogen-bond donors (Lipinski definition) is 1. The van der Waals surface area contributed by atoms with Gasteiger partial charge in [0, 0.05) is 10.9 Å². The quantitative estimate of drug-likeness (QED) is 0.904. The van der Waals surface area contributed by atoms with Gasteiger partial charge in [-0.05, 0) is 25.5 Å². The van der Waals surface area contributed by atoms with Crippen LogP contribution in [0, 0.1) is 6.92 Å². The fourth-order valence-corrected chi connectivity index (χ4v) is 2.22. The lowest BCUT2D eigenvalue weighted by Crippen LogP contribution is -1.97. The van der Waals surface area contributed by atoms with E-state index in [1.54, 1.807) is 23.5 Å². The minimum atomic E-state index is 0.259. The number of aromatic hydroxyl groups is 1. The lowest BCUT2D eigenvalue weighted by molar-refractivity contribution is 0.297. The molecular weight excluding hydrogens is 234 g/mol. The Bertz CT molecular complexity index is 508. The Balaban J connectivity index is 2.04. The fraction of sp³-hybridized carbons (Fsp3) is 0.308. The average molecular weight is 249 g/mol. The van der Waals surface area contributed by atoms with Crippen molar-refractivity contribution in [2.45, 2.75) is 26.9 Å². The topological polar surface area (TPSA) is 42.4 Å². The van der Waals surface area contributed by atoms with Crippen molar-refractivity contribution < 1.29 is 9.84 Å². The molecule has 0 aliphatic heterocycles. The number of rotatable bonds is 4. The second-order valence-electron chi connectivity index (χ2n) is 3.78. The lowest BCUT2D eigenvalue weighted by atomic mass is 10.2. The van der Waals surface area contributed by atoms with Gasteiger partial charge in [-0.15, -0.1) is 11.3 Å². The summed E-state index contributed by atoms with van der Waals surface area (Å²) in [7, 11) is 0. The summed E-state index contributed by atoms with van der Waals surface area (Å²) in [6.07, 6.45) is 0.954. The number of aromatic nitrogens is 1. The van der Waals surface area contributed by atoms with E-state index < -0.39 is 0 Å². The van der Waals surface area contributed by atoms with Gasteiger partial charge >= 0.3 is 0 Å². The number of aryl methyl sites for hydroxylation is 1. The van der Waals surface area contributed by atoms with E-state index in [9.17, 15) is 5.11 Å². The number of benzene rings is 1. The zero-order valence-electron chi connectivity index (χ0n) is 9.93. The Morgan fingerprint density at radius 3 is 2.94 bits per heavy atom. The molecule has 2 rings (SSSR count). The number of hydrogen-bond acceptors (Lipinski definition) is 4. The Hall–Kier alpha value is -1.55. The van der Waals surface area contributed by atoms with Gasteiger partial charge in [0.1, 0.15) is 18.1 Å². The van der Waals surface area contributed by atoms with Crippen LogP contribution in [0.25, 0.3) is 0 Å². The van der Waals surface area contributed by atoms with Gasteiger partial charge in [0.15, 0.2) is 0 Å². The third kappa shape index (κ3) is 2.77. The summed E-state index contributed by atoms with van der Waals surface area (Å²) in [5.41, 5.74) is 1.70. The van der Waals surface area contributed by atoms with Crippen molar-refractivity contribution in [1.82, 2.24) is 4.98 Å². The Labute approximate surface area is 105 Å². The standard InChI is InChI=1S/C13H15NO2S/c1-3-13-14-10(8-17-13)7-16-12-6-4-5-11(15)9(12)2/h4-6,8,15H,3,7H2,1-2H3. The largest absolute Gasteiger partial charge is 0.508 e. The summed E-state index contributed by atoms with van der Waals surface area (Å²) in [6, 6.07) is 5.28. The molecule has 0 aliphatic rings. The van der Waals surface area contributed by atoms with E-state index in [0.717, 1.165) is 22.7 Å². The third-order valence-electron chi connectivity index (χ3n) is 2.53. The van der Waals surface area contributed by atoms with Crippen molar-refractivity contribution in [3.05, 3.63) is 39.8 Å². The van der Waals surface area contributed by atoms with Crippen molar-refractivity contribution >= 4 is 11.3 Å². The molecule has 0 radical (unpaired) electrons. The van der Waals surface area contributed by atoms with E-state index in [1.807, 2.05) is 18.4 Å². The summed E-state index contributed by atoms with van der Waals surface area (Å²) in [5, 5.41) is 12.7. The summed E-state index contributed by atoms with van der Waals surface area (Å²) < 4.78 is 5.65. The van der Waals surface area contributed by atoms with Crippen molar-refractivity contribution in [2.75, 3.05) is 0 Å². The van der Waals surface area contributed by atoms with Crippen LogP contribution in [0.1, 0.15) is 23.2 Å². The van der Waals surface area contributed by atoms with Gasteiger partial charge in [0.05, 0.1) is 10.7 Å². The van der Waals surface area contributed by atoms with Crippen LogP contribution in [-0.2, 0) is 13.0 Å². The number of phenols is 1. The molecule has 0 amide bonds. The molecule has 90 valence electrons. The average Bonchev–Trinajstić information content (AvgIpc) is 2.79. The Morgan fingerprint density at radius 1 is 1.41 bits per heavy atom. The molecule has 0 unspecified atom stereocenters. The highest BCUT2D eigenvalue weighted by atomic mass is 32.1. The van der Waals surface area contributed by atoms with Crippen molar-refractivity contribution in [3.8, 4) is 11.5 Å². The van der Waals surface area contributed by atoms with E-state index in [1.165, 1.54) is 0 Å². The van der Waals surface area contributed by atoms with Crippen LogP contribution in [-0.4, -0.2) is 10.1 Å². The van der Waals surface area contributed by atoms with Gasteiger partial charge < -0.3 is 9.84 Å². The highest BCUT2D eigenvalue weighted by Gasteiger charge is 2.05. The SMILES string of the molecule is CCc1nc(COc2cccc(O)c2C)cs1. The molecule has 0 saturated carbocycles. The fourth-order valence-electron chi connectivity index (χ4n) is 1.49. The second kappa shape index (κ2) is 5.19. The monoisotopic (exact) mass is 249 g/mol. The van der Waals surface area contributed by atoms with E-state index in [4.69, 9.17) is 4.74 Å². The molecular formula is C13H15NO2S. The summed E-state index contributed by atoms with van der Waals surface area (Å²) >= 11 is 1.65. The van der Waals surface area contributed by atoms with Crippen LogP contribution in [0.4, 0.5) is 0 Å². The van der Waals surface area contributed by atoms with Gasteiger partial charge in [-0.3, -0.25) is 0 Å². The molecule has 0 fully saturated rings. The lowest BCUT2D eigenvalue weighted by Gasteiger charge is -2.08. The number of thiazole rings is 1. The minimum Gasteiger partial charge on any atom is -0.508 e. The highest BCUT2D eigenvalue weighted by molar-refractivity contribution is 7.09. The van der Waals surface area contributed by atoms with Gasteiger partial charge in [0.25, 0.3) is 0 Å². The van der Waals surface area contributed by atoms with E-state index >= 15 is 0 Å². The number of ether oxygens (including phenoxy) is 1. The minimum absolute atomic E-state index is 0.259.